The zero-order valence-electron chi connectivity index (χ0n) is 10.7. The summed E-state index contributed by atoms with van der Waals surface area (Å²) in [7, 11) is 0. The van der Waals surface area contributed by atoms with Crippen LogP contribution in [0.2, 0.25) is 0 Å². The van der Waals surface area contributed by atoms with Crippen LogP contribution < -0.4 is 5.32 Å². The van der Waals surface area contributed by atoms with E-state index < -0.39 is 0 Å². The topological polar surface area (TPSA) is 21.3 Å². The standard InChI is InChI=1S/C14H27NO/c1-2-12-3-5-14(6-4-12)16-10-8-13-7-9-15-11-13/h12-15H,2-11H2,1H3. The Morgan fingerprint density at radius 1 is 1.06 bits per heavy atom. The van der Waals surface area contributed by atoms with Crippen molar-refractivity contribution in [2.45, 2.75) is 58.0 Å². The summed E-state index contributed by atoms with van der Waals surface area (Å²) in [6.07, 6.45) is 9.96. The van der Waals surface area contributed by atoms with Crippen molar-refractivity contribution in [2.75, 3.05) is 19.7 Å². The van der Waals surface area contributed by atoms with Gasteiger partial charge >= 0.3 is 0 Å². The molecule has 2 heteroatoms. The molecule has 2 aliphatic rings. The molecule has 0 amide bonds. The lowest BCUT2D eigenvalue weighted by Crippen LogP contribution is -2.22. The minimum Gasteiger partial charge on any atom is -0.378 e. The Bertz CT molecular complexity index is 181. The van der Waals surface area contributed by atoms with E-state index in [0.717, 1.165) is 18.4 Å². The zero-order chi connectivity index (χ0) is 11.2. The summed E-state index contributed by atoms with van der Waals surface area (Å²) in [5.74, 6) is 1.87. The van der Waals surface area contributed by atoms with Crippen molar-refractivity contribution < 1.29 is 4.74 Å². The van der Waals surface area contributed by atoms with Gasteiger partial charge in [0.1, 0.15) is 0 Å². The highest BCUT2D eigenvalue weighted by Gasteiger charge is 2.21. The fourth-order valence-electron chi connectivity index (χ4n) is 3.07. The van der Waals surface area contributed by atoms with E-state index in [2.05, 4.69) is 12.2 Å². The van der Waals surface area contributed by atoms with Crippen LogP contribution >= 0.6 is 0 Å². The molecule has 1 saturated heterocycles. The van der Waals surface area contributed by atoms with Gasteiger partial charge in [0.2, 0.25) is 0 Å². The highest BCUT2D eigenvalue weighted by molar-refractivity contribution is 4.73. The first-order valence-electron chi connectivity index (χ1n) is 7.20. The van der Waals surface area contributed by atoms with Gasteiger partial charge in [-0.15, -0.1) is 0 Å². The molecule has 16 heavy (non-hydrogen) atoms. The molecule has 1 aliphatic carbocycles. The lowest BCUT2D eigenvalue weighted by molar-refractivity contribution is 0.0121. The minimum absolute atomic E-state index is 0.581. The van der Waals surface area contributed by atoms with Gasteiger partial charge in [-0.3, -0.25) is 0 Å². The molecule has 0 bridgehead atoms. The van der Waals surface area contributed by atoms with Crippen LogP contribution in [0.15, 0.2) is 0 Å². The molecule has 1 aliphatic heterocycles. The third kappa shape index (κ3) is 3.74. The van der Waals surface area contributed by atoms with Crippen LogP contribution in [0.1, 0.15) is 51.9 Å². The average Bonchev–Trinajstić information content (AvgIpc) is 2.83. The van der Waals surface area contributed by atoms with Crippen LogP contribution in [-0.4, -0.2) is 25.8 Å². The van der Waals surface area contributed by atoms with E-state index in [0.29, 0.717) is 6.10 Å². The van der Waals surface area contributed by atoms with Gasteiger partial charge in [-0.05, 0) is 63.5 Å². The molecule has 1 atom stereocenters. The monoisotopic (exact) mass is 225 g/mol. The van der Waals surface area contributed by atoms with Crippen LogP contribution in [-0.2, 0) is 4.74 Å². The second kappa shape index (κ2) is 6.61. The first-order valence-corrected chi connectivity index (χ1v) is 7.20. The summed E-state index contributed by atoms with van der Waals surface area (Å²) in [6.45, 7) is 5.74. The first kappa shape index (κ1) is 12.4. The number of nitrogens with one attached hydrogen (secondary N) is 1. The van der Waals surface area contributed by atoms with Gasteiger partial charge in [0.15, 0.2) is 0 Å². The molecule has 2 fully saturated rings. The van der Waals surface area contributed by atoms with E-state index in [1.807, 2.05) is 0 Å². The summed E-state index contributed by atoms with van der Waals surface area (Å²) < 4.78 is 6.01. The smallest absolute Gasteiger partial charge is 0.0575 e. The highest BCUT2D eigenvalue weighted by atomic mass is 16.5. The molecule has 0 aromatic rings. The molecule has 0 aromatic carbocycles. The van der Waals surface area contributed by atoms with Crippen LogP contribution in [0.25, 0.3) is 0 Å². The van der Waals surface area contributed by atoms with Gasteiger partial charge in [-0.25, -0.2) is 0 Å². The van der Waals surface area contributed by atoms with Crippen molar-refractivity contribution in [3.8, 4) is 0 Å². The van der Waals surface area contributed by atoms with E-state index in [1.54, 1.807) is 0 Å². The predicted octanol–water partition coefficient (Wildman–Crippen LogP) is 2.97. The highest BCUT2D eigenvalue weighted by Crippen LogP contribution is 2.28. The molecule has 2 nitrogen and oxygen atoms in total. The van der Waals surface area contributed by atoms with Crippen molar-refractivity contribution >= 4 is 0 Å². The zero-order valence-corrected chi connectivity index (χ0v) is 10.7. The van der Waals surface area contributed by atoms with E-state index >= 15 is 0 Å². The Kier molecular flexibility index (Phi) is 5.11. The molecule has 0 aromatic heterocycles. The van der Waals surface area contributed by atoms with Crippen LogP contribution in [0.5, 0.6) is 0 Å². The third-order valence-corrected chi connectivity index (χ3v) is 4.41. The number of hydrogen-bond donors (Lipinski definition) is 1. The van der Waals surface area contributed by atoms with Gasteiger partial charge < -0.3 is 10.1 Å². The van der Waals surface area contributed by atoms with Crippen molar-refractivity contribution in [2.24, 2.45) is 11.8 Å². The quantitative estimate of drug-likeness (QED) is 0.776. The number of ether oxygens (including phenoxy) is 1. The Balaban J connectivity index is 1.53. The molecule has 1 unspecified atom stereocenters. The number of rotatable bonds is 5. The summed E-state index contributed by atoms with van der Waals surface area (Å²) in [6, 6.07) is 0. The van der Waals surface area contributed by atoms with Crippen molar-refractivity contribution in [3.63, 3.8) is 0 Å². The maximum atomic E-state index is 6.01. The molecule has 0 radical (unpaired) electrons. The van der Waals surface area contributed by atoms with Gasteiger partial charge in [0.25, 0.3) is 0 Å². The Labute approximate surface area is 100 Å². The molecule has 0 spiro atoms. The van der Waals surface area contributed by atoms with E-state index in [1.165, 1.54) is 58.0 Å². The largest absolute Gasteiger partial charge is 0.378 e. The van der Waals surface area contributed by atoms with Crippen LogP contribution in [0, 0.1) is 11.8 Å². The van der Waals surface area contributed by atoms with Gasteiger partial charge in [0, 0.05) is 6.61 Å². The molecular formula is C14H27NO. The van der Waals surface area contributed by atoms with Crippen LogP contribution in [0.4, 0.5) is 0 Å². The van der Waals surface area contributed by atoms with Crippen molar-refractivity contribution in [1.29, 1.82) is 0 Å². The fourth-order valence-corrected chi connectivity index (χ4v) is 3.07. The first-order chi connectivity index (χ1) is 7.88. The Hall–Kier alpha value is -0.0800. The van der Waals surface area contributed by atoms with Gasteiger partial charge in [-0.1, -0.05) is 13.3 Å². The molecule has 1 heterocycles. The van der Waals surface area contributed by atoms with E-state index in [-0.39, 0.29) is 0 Å². The summed E-state index contributed by atoms with van der Waals surface area (Å²) >= 11 is 0. The second-order valence-electron chi connectivity index (χ2n) is 5.57. The van der Waals surface area contributed by atoms with Crippen molar-refractivity contribution in [3.05, 3.63) is 0 Å². The lowest BCUT2D eigenvalue weighted by atomic mass is 9.86. The second-order valence-corrected chi connectivity index (χ2v) is 5.57. The average molecular weight is 225 g/mol. The fraction of sp³-hybridized carbons (Fsp3) is 1.00. The maximum absolute atomic E-state index is 6.01. The van der Waals surface area contributed by atoms with Gasteiger partial charge in [0.05, 0.1) is 6.10 Å². The van der Waals surface area contributed by atoms with Crippen molar-refractivity contribution in [1.82, 2.24) is 5.32 Å². The maximum Gasteiger partial charge on any atom is 0.0575 e. The molecule has 2 rings (SSSR count). The molecular weight excluding hydrogens is 198 g/mol. The van der Waals surface area contributed by atoms with Crippen LogP contribution in [0.3, 0.4) is 0 Å². The summed E-state index contributed by atoms with van der Waals surface area (Å²) in [4.78, 5) is 0. The SMILES string of the molecule is CCC1CCC(OCCC2CCNC2)CC1. The third-order valence-electron chi connectivity index (χ3n) is 4.41. The Morgan fingerprint density at radius 2 is 1.88 bits per heavy atom. The number of hydrogen-bond acceptors (Lipinski definition) is 2. The van der Waals surface area contributed by atoms with Gasteiger partial charge in [-0.2, -0.15) is 0 Å². The van der Waals surface area contributed by atoms with E-state index in [4.69, 9.17) is 4.74 Å². The summed E-state index contributed by atoms with van der Waals surface area (Å²) in [5.41, 5.74) is 0. The Morgan fingerprint density at radius 3 is 2.50 bits per heavy atom. The normalized spacial score (nSPS) is 35.4. The minimum atomic E-state index is 0.581. The molecule has 1 saturated carbocycles. The molecule has 94 valence electrons. The van der Waals surface area contributed by atoms with E-state index in [9.17, 15) is 0 Å². The summed E-state index contributed by atoms with van der Waals surface area (Å²) in [5, 5.41) is 3.42. The predicted molar refractivity (Wildman–Crippen MR) is 67.6 cm³/mol. The lowest BCUT2D eigenvalue weighted by Gasteiger charge is -2.28. The molecule has 1 N–H and O–H groups in total.